The number of likely N-dealkylation sites (N-methyl/N-ethyl adjacent to an activating group) is 1. The number of carbonyl (C=O) groups excluding carboxylic acids is 1. The summed E-state index contributed by atoms with van der Waals surface area (Å²) in [7, 11) is 1.80. The molecular formula is C19H23N7O2. The van der Waals surface area contributed by atoms with Crippen LogP contribution in [-0.2, 0) is 0 Å². The molecule has 0 spiro atoms. The number of pyridine rings is 1. The molecule has 0 atom stereocenters. The summed E-state index contributed by atoms with van der Waals surface area (Å²) in [6.07, 6.45) is 3.77. The number of nitrogens with two attached hydrogens (primary N) is 1. The highest BCUT2D eigenvalue weighted by Crippen LogP contribution is 2.49. The summed E-state index contributed by atoms with van der Waals surface area (Å²) in [5.74, 6) is 1.48. The van der Waals surface area contributed by atoms with E-state index in [0.717, 1.165) is 35.2 Å². The van der Waals surface area contributed by atoms with Crippen molar-refractivity contribution in [3.8, 4) is 11.4 Å². The summed E-state index contributed by atoms with van der Waals surface area (Å²) < 4.78 is 7.67. The minimum absolute atomic E-state index is 0.0509. The molecule has 2 fully saturated rings. The van der Waals surface area contributed by atoms with Crippen LogP contribution in [0.1, 0.15) is 44.4 Å². The SMILES string of the molecule is CC(C)n1nc(-c2noc(C3CC3)c2N2CCN(C)C2=O)c2c(N)nccc21. The second kappa shape index (κ2) is 5.95. The van der Waals surface area contributed by atoms with E-state index in [4.69, 9.17) is 15.4 Å². The lowest BCUT2D eigenvalue weighted by Gasteiger charge is -2.16. The molecule has 4 heterocycles. The largest absolute Gasteiger partial charge is 0.383 e. The summed E-state index contributed by atoms with van der Waals surface area (Å²) in [5, 5.41) is 9.92. The van der Waals surface area contributed by atoms with E-state index in [1.54, 1.807) is 23.0 Å². The zero-order valence-electron chi connectivity index (χ0n) is 16.2. The molecule has 146 valence electrons. The second-order valence-electron chi connectivity index (χ2n) is 7.85. The van der Waals surface area contributed by atoms with Gasteiger partial charge in [0.1, 0.15) is 17.2 Å². The van der Waals surface area contributed by atoms with Crippen LogP contribution >= 0.6 is 0 Å². The van der Waals surface area contributed by atoms with Gasteiger partial charge >= 0.3 is 6.03 Å². The van der Waals surface area contributed by atoms with Crippen molar-refractivity contribution in [3.63, 3.8) is 0 Å². The number of hydrogen-bond donors (Lipinski definition) is 1. The molecule has 0 bridgehead atoms. The zero-order chi connectivity index (χ0) is 19.6. The molecular weight excluding hydrogens is 358 g/mol. The van der Waals surface area contributed by atoms with Gasteiger partial charge in [-0.25, -0.2) is 9.78 Å². The number of anilines is 2. The summed E-state index contributed by atoms with van der Waals surface area (Å²) in [5.41, 5.74) is 9.03. The Balaban J connectivity index is 1.76. The average molecular weight is 381 g/mol. The molecule has 0 unspecified atom stereocenters. The van der Waals surface area contributed by atoms with Gasteiger partial charge in [0.05, 0.1) is 10.9 Å². The van der Waals surface area contributed by atoms with Gasteiger partial charge in [-0.2, -0.15) is 5.10 Å². The normalized spacial score (nSPS) is 17.5. The number of aromatic nitrogens is 4. The summed E-state index contributed by atoms with van der Waals surface area (Å²) in [4.78, 5) is 20.5. The van der Waals surface area contributed by atoms with Crippen LogP contribution in [0.5, 0.6) is 0 Å². The molecule has 1 aliphatic heterocycles. The highest BCUT2D eigenvalue weighted by atomic mass is 16.5. The number of nitrogen functional groups attached to an aromatic ring is 1. The molecule has 9 heteroatoms. The Morgan fingerprint density at radius 1 is 1.25 bits per heavy atom. The Labute approximate surface area is 162 Å². The van der Waals surface area contributed by atoms with Gasteiger partial charge in [0.15, 0.2) is 11.5 Å². The second-order valence-corrected chi connectivity index (χ2v) is 7.85. The minimum Gasteiger partial charge on any atom is -0.383 e. The first-order chi connectivity index (χ1) is 13.5. The van der Waals surface area contributed by atoms with Crippen molar-refractivity contribution in [2.24, 2.45) is 0 Å². The van der Waals surface area contributed by atoms with Crippen LogP contribution in [0.25, 0.3) is 22.3 Å². The fraction of sp³-hybridized carbons (Fsp3) is 0.474. The predicted molar refractivity (Wildman–Crippen MR) is 105 cm³/mol. The highest BCUT2D eigenvalue weighted by molar-refractivity contribution is 6.05. The Hall–Kier alpha value is -3.10. The number of rotatable bonds is 4. The molecule has 3 aromatic rings. The lowest BCUT2D eigenvalue weighted by atomic mass is 10.1. The first-order valence-corrected chi connectivity index (χ1v) is 9.62. The summed E-state index contributed by atoms with van der Waals surface area (Å²) in [6.45, 7) is 5.38. The third-order valence-corrected chi connectivity index (χ3v) is 5.49. The Morgan fingerprint density at radius 2 is 2.04 bits per heavy atom. The lowest BCUT2D eigenvalue weighted by molar-refractivity contribution is 0.229. The smallest absolute Gasteiger partial charge is 0.324 e. The van der Waals surface area contributed by atoms with Gasteiger partial charge in [-0.3, -0.25) is 9.58 Å². The van der Waals surface area contributed by atoms with E-state index >= 15 is 0 Å². The van der Waals surface area contributed by atoms with E-state index in [0.29, 0.717) is 36.2 Å². The van der Waals surface area contributed by atoms with E-state index in [-0.39, 0.29) is 12.1 Å². The topological polar surface area (TPSA) is 106 Å². The van der Waals surface area contributed by atoms with Crippen molar-refractivity contribution in [1.29, 1.82) is 0 Å². The van der Waals surface area contributed by atoms with Crippen molar-refractivity contribution < 1.29 is 9.32 Å². The van der Waals surface area contributed by atoms with Crippen molar-refractivity contribution in [2.45, 2.75) is 38.6 Å². The number of urea groups is 1. The molecule has 1 saturated carbocycles. The third kappa shape index (κ3) is 2.38. The molecule has 2 N–H and O–H groups in total. The first-order valence-electron chi connectivity index (χ1n) is 9.62. The molecule has 1 saturated heterocycles. The number of fused-ring (bicyclic) bond motifs is 1. The molecule has 28 heavy (non-hydrogen) atoms. The van der Waals surface area contributed by atoms with Crippen LogP contribution in [0.15, 0.2) is 16.8 Å². The fourth-order valence-corrected chi connectivity index (χ4v) is 3.85. The quantitative estimate of drug-likeness (QED) is 0.744. The summed E-state index contributed by atoms with van der Waals surface area (Å²) >= 11 is 0. The molecule has 3 aromatic heterocycles. The van der Waals surface area contributed by atoms with Crippen LogP contribution in [0.4, 0.5) is 16.3 Å². The van der Waals surface area contributed by atoms with Gasteiger partial charge in [-0.15, -0.1) is 0 Å². The molecule has 1 aliphatic carbocycles. The maximum absolute atomic E-state index is 12.7. The van der Waals surface area contributed by atoms with E-state index in [1.807, 2.05) is 10.7 Å². The van der Waals surface area contributed by atoms with Gasteiger partial charge in [0.25, 0.3) is 0 Å². The van der Waals surface area contributed by atoms with E-state index in [1.165, 1.54) is 0 Å². The summed E-state index contributed by atoms with van der Waals surface area (Å²) in [6, 6.07) is 1.99. The van der Waals surface area contributed by atoms with Crippen LogP contribution < -0.4 is 10.6 Å². The number of hydrogen-bond acceptors (Lipinski definition) is 6. The van der Waals surface area contributed by atoms with Gasteiger partial charge in [-0.05, 0) is 32.8 Å². The first kappa shape index (κ1) is 17.0. The molecule has 2 amide bonds. The Kier molecular flexibility index (Phi) is 3.62. The number of nitrogens with zero attached hydrogens (tertiary/aromatic N) is 6. The highest BCUT2D eigenvalue weighted by Gasteiger charge is 2.40. The van der Waals surface area contributed by atoms with Crippen LogP contribution in [0.3, 0.4) is 0 Å². The lowest BCUT2D eigenvalue weighted by Crippen LogP contribution is -2.29. The number of amides is 2. The fourth-order valence-electron chi connectivity index (χ4n) is 3.85. The molecule has 0 radical (unpaired) electrons. The average Bonchev–Trinajstić information content (AvgIpc) is 3.16. The standard InChI is InChI=1S/C19H23N7O2/c1-10(2)26-12-6-7-21-18(20)13(12)14(22-26)15-16(17(28-23-15)11-4-5-11)25-9-8-24(3)19(25)27/h6-7,10-11H,4-5,8-9H2,1-3H3,(H2,20,21). The molecule has 5 rings (SSSR count). The van der Waals surface area contributed by atoms with Gasteiger partial charge in [0.2, 0.25) is 0 Å². The van der Waals surface area contributed by atoms with E-state index in [9.17, 15) is 4.79 Å². The van der Waals surface area contributed by atoms with Gasteiger partial charge in [-0.1, -0.05) is 5.16 Å². The van der Waals surface area contributed by atoms with Crippen molar-refractivity contribution in [3.05, 3.63) is 18.0 Å². The van der Waals surface area contributed by atoms with Crippen molar-refractivity contribution in [1.82, 2.24) is 24.8 Å². The maximum atomic E-state index is 12.7. The monoisotopic (exact) mass is 381 g/mol. The predicted octanol–water partition coefficient (Wildman–Crippen LogP) is 3.00. The van der Waals surface area contributed by atoms with E-state index < -0.39 is 0 Å². The molecule has 2 aliphatic rings. The zero-order valence-corrected chi connectivity index (χ0v) is 16.2. The Bertz CT molecular complexity index is 1080. The van der Waals surface area contributed by atoms with E-state index in [2.05, 4.69) is 24.0 Å². The van der Waals surface area contributed by atoms with Gasteiger partial charge in [0, 0.05) is 38.3 Å². The van der Waals surface area contributed by atoms with Crippen LogP contribution in [-0.4, -0.2) is 51.0 Å². The van der Waals surface area contributed by atoms with Crippen LogP contribution in [0.2, 0.25) is 0 Å². The molecule has 9 nitrogen and oxygen atoms in total. The number of carbonyl (C=O) groups is 1. The maximum Gasteiger partial charge on any atom is 0.324 e. The molecule has 0 aromatic carbocycles. The van der Waals surface area contributed by atoms with Crippen molar-refractivity contribution in [2.75, 3.05) is 30.8 Å². The Morgan fingerprint density at radius 3 is 2.68 bits per heavy atom. The minimum atomic E-state index is -0.0509. The van der Waals surface area contributed by atoms with Crippen molar-refractivity contribution >= 4 is 28.4 Å². The van der Waals surface area contributed by atoms with Crippen LogP contribution in [0, 0.1) is 0 Å². The third-order valence-electron chi connectivity index (χ3n) is 5.49. The van der Waals surface area contributed by atoms with Gasteiger partial charge < -0.3 is 15.2 Å².